The molecule has 1 saturated heterocycles. The minimum Gasteiger partial charge on any atom is -0.380 e. The number of aromatic nitrogens is 2. The van der Waals surface area contributed by atoms with Crippen molar-refractivity contribution in [1.29, 1.82) is 0 Å². The molecule has 2 fully saturated rings. The highest BCUT2D eigenvalue weighted by atomic mass is 32.1. The van der Waals surface area contributed by atoms with Gasteiger partial charge in [0.25, 0.3) is 0 Å². The molecule has 1 saturated carbocycles. The summed E-state index contributed by atoms with van der Waals surface area (Å²) in [6.45, 7) is 2.70. The molecule has 0 radical (unpaired) electrons. The maximum Gasteiger partial charge on any atom is 0.138 e. The molecule has 1 unspecified atom stereocenters. The zero-order chi connectivity index (χ0) is 17.1. The lowest BCUT2D eigenvalue weighted by molar-refractivity contribution is 0.157. The van der Waals surface area contributed by atoms with Gasteiger partial charge in [-0.05, 0) is 32.4 Å². The quantitative estimate of drug-likeness (QED) is 0.815. The first-order chi connectivity index (χ1) is 12.3. The molecule has 1 aliphatic heterocycles. The first-order valence-electron chi connectivity index (χ1n) is 9.57. The summed E-state index contributed by atoms with van der Waals surface area (Å²) >= 11 is 1.79. The third-order valence-electron chi connectivity index (χ3n) is 5.51. The molecular formula is C19H28N4OS. The van der Waals surface area contributed by atoms with E-state index in [2.05, 4.69) is 33.3 Å². The van der Waals surface area contributed by atoms with E-state index in [1.54, 1.807) is 17.7 Å². The number of thiophene rings is 1. The summed E-state index contributed by atoms with van der Waals surface area (Å²) in [6.07, 6.45) is 10.8. The van der Waals surface area contributed by atoms with E-state index in [9.17, 15) is 0 Å². The summed E-state index contributed by atoms with van der Waals surface area (Å²) in [7, 11) is 2.19. The second kappa shape index (κ2) is 7.98. The van der Waals surface area contributed by atoms with Crippen LogP contribution < -0.4 is 5.32 Å². The summed E-state index contributed by atoms with van der Waals surface area (Å²) in [5.41, 5.74) is 0. The number of nitrogens with one attached hydrogen (secondary N) is 1. The largest absolute Gasteiger partial charge is 0.380 e. The molecule has 1 atom stereocenters. The number of likely N-dealkylation sites (N-methyl/N-ethyl adjacent to an activating group) is 1. The highest BCUT2D eigenvalue weighted by Gasteiger charge is 2.21. The molecule has 1 N–H and O–H groups in total. The van der Waals surface area contributed by atoms with Gasteiger partial charge in [0, 0.05) is 30.1 Å². The topological polar surface area (TPSA) is 50.3 Å². The van der Waals surface area contributed by atoms with E-state index in [1.165, 1.54) is 48.8 Å². The van der Waals surface area contributed by atoms with Crippen LogP contribution in [0.1, 0.15) is 49.8 Å². The van der Waals surface area contributed by atoms with Gasteiger partial charge in [-0.25, -0.2) is 9.97 Å². The summed E-state index contributed by atoms with van der Waals surface area (Å²) in [4.78, 5) is 13.9. The van der Waals surface area contributed by atoms with E-state index >= 15 is 0 Å². The van der Waals surface area contributed by atoms with Crippen molar-refractivity contribution in [2.24, 2.45) is 0 Å². The maximum absolute atomic E-state index is 5.52. The van der Waals surface area contributed by atoms with Crippen molar-refractivity contribution >= 4 is 27.4 Å². The molecule has 4 rings (SSSR count). The highest BCUT2D eigenvalue weighted by molar-refractivity contribution is 7.18. The molecule has 3 heterocycles. The predicted octanol–water partition coefficient (Wildman–Crippen LogP) is 4.05. The lowest BCUT2D eigenvalue weighted by Gasteiger charge is -2.21. The van der Waals surface area contributed by atoms with Crippen LogP contribution in [-0.2, 0) is 11.3 Å². The molecule has 0 amide bonds. The van der Waals surface area contributed by atoms with E-state index in [-0.39, 0.29) is 0 Å². The molecule has 1 aliphatic carbocycles. The molecule has 2 aromatic heterocycles. The first kappa shape index (κ1) is 17.2. The number of rotatable bonds is 5. The zero-order valence-electron chi connectivity index (χ0n) is 15.0. The predicted molar refractivity (Wildman–Crippen MR) is 103 cm³/mol. The van der Waals surface area contributed by atoms with Crippen LogP contribution in [0.5, 0.6) is 0 Å². The van der Waals surface area contributed by atoms with Gasteiger partial charge in [0.2, 0.25) is 0 Å². The Morgan fingerprint density at radius 3 is 2.80 bits per heavy atom. The lowest BCUT2D eigenvalue weighted by Crippen LogP contribution is -2.30. The molecule has 5 nitrogen and oxygen atoms in total. The second-order valence-electron chi connectivity index (χ2n) is 7.42. The summed E-state index contributed by atoms with van der Waals surface area (Å²) < 4.78 is 5.52. The van der Waals surface area contributed by atoms with E-state index in [0.29, 0.717) is 12.1 Å². The Labute approximate surface area is 153 Å². The zero-order valence-corrected chi connectivity index (χ0v) is 15.9. The Morgan fingerprint density at radius 2 is 2.04 bits per heavy atom. The van der Waals surface area contributed by atoms with Crippen LogP contribution in [0.25, 0.3) is 10.2 Å². The number of hydrogen-bond donors (Lipinski definition) is 1. The third kappa shape index (κ3) is 4.13. The first-order valence-corrected chi connectivity index (χ1v) is 10.4. The van der Waals surface area contributed by atoms with Gasteiger partial charge < -0.3 is 10.1 Å². The number of fused-ring (bicyclic) bond motifs is 1. The standard InChI is InChI=1S/C19H28N4OS/c1-23(15-8-9-24-12-15)11-16-10-17-18(20-13-21-19(17)25-16)22-14-6-4-2-3-5-7-14/h10,13-15H,2-9,11-12H2,1H3,(H,20,21,22). The van der Waals surface area contributed by atoms with Gasteiger partial charge in [0.1, 0.15) is 17.0 Å². The number of ether oxygens (including phenoxy) is 1. The summed E-state index contributed by atoms with van der Waals surface area (Å²) in [5, 5.41) is 4.89. The van der Waals surface area contributed by atoms with Crippen LogP contribution in [0.4, 0.5) is 5.82 Å². The van der Waals surface area contributed by atoms with E-state index in [4.69, 9.17) is 4.74 Å². The van der Waals surface area contributed by atoms with Crippen molar-refractivity contribution in [3.63, 3.8) is 0 Å². The van der Waals surface area contributed by atoms with Gasteiger partial charge in [-0.1, -0.05) is 25.7 Å². The maximum atomic E-state index is 5.52. The van der Waals surface area contributed by atoms with Crippen molar-refractivity contribution in [3.8, 4) is 0 Å². The van der Waals surface area contributed by atoms with E-state index < -0.39 is 0 Å². The monoisotopic (exact) mass is 360 g/mol. The molecule has 0 bridgehead atoms. The lowest BCUT2D eigenvalue weighted by atomic mass is 10.1. The van der Waals surface area contributed by atoms with Gasteiger partial charge in [0.15, 0.2) is 0 Å². The van der Waals surface area contributed by atoms with Gasteiger partial charge in [-0.2, -0.15) is 0 Å². The summed E-state index contributed by atoms with van der Waals surface area (Å²) in [6, 6.07) is 3.38. The van der Waals surface area contributed by atoms with E-state index in [1.807, 2.05) is 0 Å². The third-order valence-corrected chi connectivity index (χ3v) is 6.54. The Morgan fingerprint density at radius 1 is 1.20 bits per heavy atom. The van der Waals surface area contributed by atoms with Gasteiger partial charge in [-0.15, -0.1) is 11.3 Å². The van der Waals surface area contributed by atoms with Gasteiger partial charge in [0.05, 0.1) is 12.0 Å². The summed E-state index contributed by atoms with van der Waals surface area (Å²) in [5.74, 6) is 1.02. The molecular weight excluding hydrogens is 332 g/mol. The average molecular weight is 361 g/mol. The Kier molecular flexibility index (Phi) is 5.48. The van der Waals surface area contributed by atoms with Crippen molar-refractivity contribution < 1.29 is 4.74 Å². The van der Waals surface area contributed by atoms with Crippen LogP contribution in [0.2, 0.25) is 0 Å². The smallest absolute Gasteiger partial charge is 0.138 e. The Balaban J connectivity index is 1.49. The van der Waals surface area contributed by atoms with E-state index in [0.717, 1.165) is 36.8 Å². The average Bonchev–Trinajstić information content (AvgIpc) is 3.21. The van der Waals surface area contributed by atoms with Gasteiger partial charge >= 0.3 is 0 Å². The van der Waals surface area contributed by atoms with Crippen LogP contribution in [0, 0.1) is 0 Å². The fourth-order valence-electron chi connectivity index (χ4n) is 3.96. The minimum absolute atomic E-state index is 0.542. The fourth-order valence-corrected chi connectivity index (χ4v) is 5.02. The molecule has 0 spiro atoms. The second-order valence-corrected chi connectivity index (χ2v) is 8.53. The van der Waals surface area contributed by atoms with Crippen LogP contribution in [0.15, 0.2) is 12.4 Å². The molecule has 136 valence electrons. The Bertz CT molecular complexity index is 690. The van der Waals surface area contributed by atoms with Crippen LogP contribution in [0.3, 0.4) is 0 Å². The normalized spacial score (nSPS) is 22.6. The van der Waals surface area contributed by atoms with Crippen LogP contribution >= 0.6 is 11.3 Å². The number of hydrogen-bond acceptors (Lipinski definition) is 6. The van der Waals surface area contributed by atoms with Crippen molar-refractivity contribution in [2.45, 2.75) is 63.6 Å². The van der Waals surface area contributed by atoms with Crippen molar-refractivity contribution in [3.05, 3.63) is 17.3 Å². The number of nitrogens with zero attached hydrogens (tertiary/aromatic N) is 3. The molecule has 2 aliphatic rings. The molecule has 25 heavy (non-hydrogen) atoms. The highest BCUT2D eigenvalue weighted by Crippen LogP contribution is 2.31. The minimum atomic E-state index is 0.542. The molecule has 6 heteroatoms. The van der Waals surface area contributed by atoms with Crippen LogP contribution in [-0.4, -0.2) is 47.2 Å². The fraction of sp³-hybridized carbons (Fsp3) is 0.684. The molecule has 2 aromatic rings. The molecule has 0 aromatic carbocycles. The van der Waals surface area contributed by atoms with Crippen molar-refractivity contribution in [1.82, 2.24) is 14.9 Å². The number of anilines is 1. The Hall–Kier alpha value is -1.24. The SMILES string of the molecule is CN(Cc1cc2c(NC3CCCCCC3)ncnc2s1)C1CCOC1. The van der Waals surface area contributed by atoms with Gasteiger partial charge in [-0.3, -0.25) is 4.90 Å². The van der Waals surface area contributed by atoms with Crippen molar-refractivity contribution in [2.75, 3.05) is 25.6 Å².